The monoisotopic (exact) mass is 249 g/mol. The van der Waals surface area contributed by atoms with Gasteiger partial charge in [-0.2, -0.15) is 0 Å². The smallest absolute Gasteiger partial charge is 0.171 e. The zero-order chi connectivity index (χ0) is 13.0. The number of Topliss-reactive ketones (excluding diaryl/α,β-unsaturated/α-hetero) is 1. The molecule has 0 aliphatic heterocycles. The minimum atomic E-state index is 0.0532. The summed E-state index contributed by atoms with van der Waals surface area (Å²) >= 11 is 0. The molecule has 0 atom stereocenters. The fourth-order valence-corrected chi connectivity index (χ4v) is 1.93. The minimum absolute atomic E-state index is 0.0532. The molecule has 18 heavy (non-hydrogen) atoms. The van der Waals surface area contributed by atoms with Crippen LogP contribution in [0.2, 0.25) is 0 Å². The number of benzene rings is 1. The second kappa shape index (κ2) is 5.87. The Balaban J connectivity index is 2.06. The molecule has 0 bridgehead atoms. The lowest BCUT2D eigenvalue weighted by Gasteiger charge is -2.12. The van der Waals surface area contributed by atoms with Crippen molar-refractivity contribution in [3.05, 3.63) is 23.8 Å². The van der Waals surface area contributed by atoms with E-state index in [1.807, 2.05) is 6.07 Å². The molecular weight excluding hydrogens is 230 g/mol. The molecule has 1 saturated carbocycles. The summed E-state index contributed by atoms with van der Waals surface area (Å²) in [6.45, 7) is 0.713. The molecule has 0 unspecified atom stereocenters. The number of ether oxygens (including phenoxy) is 2. The van der Waals surface area contributed by atoms with Crippen molar-refractivity contribution < 1.29 is 14.3 Å². The second-order valence-electron chi connectivity index (χ2n) is 4.44. The van der Waals surface area contributed by atoms with Gasteiger partial charge in [-0.1, -0.05) is 6.07 Å². The van der Waals surface area contributed by atoms with Crippen molar-refractivity contribution in [1.29, 1.82) is 0 Å². The van der Waals surface area contributed by atoms with E-state index in [1.165, 1.54) is 12.8 Å². The molecule has 0 spiro atoms. The quantitative estimate of drug-likeness (QED) is 0.751. The van der Waals surface area contributed by atoms with E-state index in [4.69, 9.17) is 9.47 Å². The molecule has 2 rings (SSSR count). The average Bonchev–Trinajstić information content (AvgIpc) is 3.21. The van der Waals surface area contributed by atoms with Gasteiger partial charge in [-0.3, -0.25) is 4.79 Å². The summed E-state index contributed by atoms with van der Waals surface area (Å²) in [7, 11) is 3.13. The molecule has 98 valence electrons. The lowest BCUT2D eigenvalue weighted by molar-refractivity contribution is 0.0976. The van der Waals surface area contributed by atoms with E-state index in [2.05, 4.69) is 5.32 Å². The van der Waals surface area contributed by atoms with Gasteiger partial charge in [-0.15, -0.1) is 0 Å². The van der Waals surface area contributed by atoms with E-state index in [1.54, 1.807) is 26.4 Å². The standard InChI is InChI=1S/C14H19NO3/c1-17-12-4-3-5-13(18-2)14(12)11(16)8-9-15-10-6-7-10/h3-5,10,15H,6-9H2,1-2H3. The van der Waals surface area contributed by atoms with Gasteiger partial charge in [0.05, 0.1) is 14.2 Å². The van der Waals surface area contributed by atoms with Crippen molar-refractivity contribution in [2.24, 2.45) is 0 Å². The van der Waals surface area contributed by atoms with Gasteiger partial charge in [0, 0.05) is 19.0 Å². The molecule has 1 aliphatic rings. The fraction of sp³-hybridized carbons (Fsp3) is 0.500. The Hall–Kier alpha value is -1.55. The SMILES string of the molecule is COc1cccc(OC)c1C(=O)CCNC1CC1. The maximum atomic E-state index is 12.2. The van der Waals surface area contributed by atoms with Crippen molar-refractivity contribution in [2.75, 3.05) is 20.8 Å². The van der Waals surface area contributed by atoms with Gasteiger partial charge >= 0.3 is 0 Å². The minimum Gasteiger partial charge on any atom is -0.496 e. The van der Waals surface area contributed by atoms with Gasteiger partial charge in [0.1, 0.15) is 17.1 Å². The van der Waals surface area contributed by atoms with Crippen molar-refractivity contribution in [2.45, 2.75) is 25.3 Å². The normalized spacial score (nSPS) is 14.3. The van der Waals surface area contributed by atoms with Gasteiger partial charge in [-0.05, 0) is 25.0 Å². The Kier molecular flexibility index (Phi) is 4.20. The van der Waals surface area contributed by atoms with Crippen LogP contribution in [0.25, 0.3) is 0 Å². The van der Waals surface area contributed by atoms with Crippen LogP contribution < -0.4 is 14.8 Å². The first-order valence-corrected chi connectivity index (χ1v) is 6.24. The molecule has 1 aromatic rings. The average molecular weight is 249 g/mol. The largest absolute Gasteiger partial charge is 0.496 e. The third-order valence-corrected chi connectivity index (χ3v) is 3.07. The number of carbonyl (C=O) groups excluding carboxylic acids is 1. The number of hydrogen-bond acceptors (Lipinski definition) is 4. The molecule has 4 heteroatoms. The molecule has 1 N–H and O–H groups in total. The molecule has 0 radical (unpaired) electrons. The Bertz CT molecular complexity index is 405. The van der Waals surface area contributed by atoms with Crippen LogP contribution in [-0.4, -0.2) is 32.6 Å². The van der Waals surface area contributed by atoms with E-state index >= 15 is 0 Å². The molecule has 0 aromatic heterocycles. The van der Waals surface area contributed by atoms with Gasteiger partial charge < -0.3 is 14.8 Å². The highest BCUT2D eigenvalue weighted by molar-refractivity contribution is 6.01. The fourth-order valence-electron chi connectivity index (χ4n) is 1.93. The number of hydrogen-bond donors (Lipinski definition) is 1. The van der Waals surface area contributed by atoms with Crippen LogP contribution >= 0.6 is 0 Å². The zero-order valence-corrected chi connectivity index (χ0v) is 10.9. The Morgan fingerprint density at radius 3 is 2.39 bits per heavy atom. The number of nitrogens with one attached hydrogen (secondary N) is 1. The maximum Gasteiger partial charge on any atom is 0.171 e. The molecule has 0 saturated heterocycles. The van der Waals surface area contributed by atoms with Crippen molar-refractivity contribution >= 4 is 5.78 Å². The van der Waals surface area contributed by atoms with Crippen molar-refractivity contribution in [3.63, 3.8) is 0 Å². The maximum absolute atomic E-state index is 12.2. The number of methoxy groups -OCH3 is 2. The summed E-state index contributed by atoms with van der Waals surface area (Å²) in [5.41, 5.74) is 0.542. The Morgan fingerprint density at radius 2 is 1.89 bits per heavy atom. The molecule has 0 amide bonds. The van der Waals surface area contributed by atoms with Crippen LogP contribution in [0, 0.1) is 0 Å². The van der Waals surface area contributed by atoms with Gasteiger partial charge in [-0.25, -0.2) is 0 Å². The van der Waals surface area contributed by atoms with E-state index in [0.29, 0.717) is 36.1 Å². The molecule has 4 nitrogen and oxygen atoms in total. The topological polar surface area (TPSA) is 47.6 Å². The highest BCUT2D eigenvalue weighted by Gasteiger charge is 2.22. The first-order valence-electron chi connectivity index (χ1n) is 6.24. The number of carbonyl (C=O) groups is 1. The predicted octanol–water partition coefficient (Wildman–Crippen LogP) is 2.03. The summed E-state index contributed by atoms with van der Waals surface area (Å²) in [6, 6.07) is 6.00. The number of rotatable bonds is 7. The van der Waals surface area contributed by atoms with E-state index in [0.717, 1.165) is 0 Å². The van der Waals surface area contributed by atoms with Crippen LogP contribution in [0.15, 0.2) is 18.2 Å². The van der Waals surface area contributed by atoms with Crippen LogP contribution in [0.3, 0.4) is 0 Å². The Morgan fingerprint density at radius 1 is 1.28 bits per heavy atom. The summed E-state index contributed by atoms with van der Waals surface area (Å²) < 4.78 is 10.5. The molecule has 1 aliphatic carbocycles. The molecule has 1 aromatic carbocycles. The van der Waals surface area contributed by atoms with E-state index < -0.39 is 0 Å². The highest BCUT2D eigenvalue weighted by atomic mass is 16.5. The van der Waals surface area contributed by atoms with Crippen LogP contribution in [0.4, 0.5) is 0 Å². The first kappa shape index (κ1) is 12.9. The summed E-state index contributed by atoms with van der Waals surface area (Å²) in [4.78, 5) is 12.2. The summed E-state index contributed by atoms with van der Waals surface area (Å²) in [5.74, 6) is 1.20. The number of ketones is 1. The third-order valence-electron chi connectivity index (χ3n) is 3.07. The summed E-state index contributed by atoms with van der Waals surface area (Å²) in [5, 5.41) is 3.33. The lowest BCUT2D eigenvalue weighted by atomic mass is 10.1. The van der Waals surface area contributed by atoms with Gasteiger partial charge in [0.15, 0.2) is 5.78 Å². The molecule has 1 fully saturated rings. The van der Waals surface area contributed by atoms with Gasteiger partial charge in [0.2, 0.25) is 0 Å². The predicted molar refractivity (Wildman–Crippen MR) is 69.5 cm³/mol. The third kappa shape index (κ3) is 3.01. The highest BCUT2D eigenvalue weighted by Crippen LogP contribution is 2.29. The summed E-state index contributed by atoms with van der Waals surface area (Å²) in [6.07, 6.45) is 2.92. The molecule has 0 heterocycles. The van der Waals surface area contributed by atoms with Crippen LogP contribution in [0.5, 0.6) is 11.5 Å². The van der Waals surface area contributed by atoms with Crippen LogP contribution in [-0.2, 0) is 0 Å². The zero-order valence-electron chi connectivity index (χ0n) is 10.9. The first-order chi connectivity index (χ1) is 8.76. The van der Waals surface area contributed by atoms with Crippen molar-refractivity contribution in [3.8, 4) is 11.5 Å². The Labute approximate surface area is 107 Å². The van der Waals surface area contributed by atoms with Crippen LogP contribution in [0.1, 0.15) is 29.6 Å². The van der Waals surface area contributed by atoms with E-state index in [-0.39, 0.29) is 5.78 Å². The lowest BCUT2D eigenvalue weighted by Crippen LogP contribution is -2.20. The van der Waals surface area contributed by atoms with E-state index in [9.17, 15) is 4.79 Å². The second-order valence-corrected chi connectivity index (χ2v) is 4.44. The van der Waals surface area contributed by atoms with Gasteiger partial charge in [0.25, 0.3) is 0 Å². The van der Waals surface area contributed by atoms with Crippen molar-refractivity contribution in [1.82, 2.24) is 5.32 Å². The molecular formula is C14H19NO3.